The van der Waals surface area contributed by atoms with E-state index in [2.05, 4.69) is 5.32 Å². The van der Waals surface area contributed by atoms with Gasteiger partial charge in [-0.2, -0.15) is 0 Å². The van der Waals surface area contributed by atoms with Gasteiger partial charge in [0.05, 0.1) is 12.9 Å². The van der Waals surface area contributed by atoms with E-state index in [1.165, 1.54) is 4.90 Å². The van der Waals surface area contributed by atoms with Crippen LogP contribution in [0.3, 0.4) is 0 Å². The van der Waals surface area contributed by atoms with Gasteiger partial charge in [0.2, 0.25) is 0 Å². The molecule has 0 aliphatic rings. The Bertz CT molecular complexity index is 567. The minimum Gasteiger partial charge on any atom is -0.497 e. The van der Waals surface area contributed by atoms with Gasteiger partial charge >= 0.3 is 6.03 Å². The number of carbonyl (C=O) groups excluding carboxylic acids is 1. The average Bonchev–Trinajstić information content (AvgIpc) is 2.38. The highest BCUT2D eigenvalue weighted by atomic mass is 32.2. The maximum absolute atomic E-state index is 12.2. The molecule has 2 amide bonds. The number of nitrogens with one attached hydrogen (secondary N) is 1. The first-order chi connectivity index (χ1) is 9.73. The second-order valence-corrected chi connectivity index (χ2v) is 7.34. The summed E-state index contributed by atoms with van der Waals surface area (Å²) < 4.78 is 27.5. The van der Waals surface area contributed by atoms with Gasteiger partial charge in [-0.1, -0.05) is 0 Å². The van der Waals surface area contributed by atoms with Gasteiger partial charge in [-0.05, 0) is 38.1 Å². The SMILES string of the molecule is COc1ccc(NC(=O)N(CCS(C)(=O)=O)C(C)C)cc1. The Morgan fingerprint density at radius 3 is 2.29 bits per heavy atom. The van der Waals surface area contributed by atoms with E-state index in [9.17, 15) is 13.2 Å². The van der Waals surface area contributed by atoms with Crippen LogP contribution < -0.4 is 10.1 Å². The zero-order valence-corrected chi connectivity index (χ0v) is 13.6. The van der Waals surface area contributed by atoms with Gasteiger partial charge in [0.1, 0.15) is 15.6 Å². The van der Waals surface area contributed by atoms with Crippen molar-refractivity contribution in [1.29, 1.82) is 0 Å². The van der Waals surface area contributed by atoms with Crippen molar-refractivity contribution in [3.05, 3.63) is 24.3 Å². The minimum absolute atomic E-state index is 0.0544. The van der Waals surface area contributed by atoms with Crippen LogP contribution in [0.2, 0.25) is 0 Å². The number of hydrogen-bond acceptors (Lipinski definition) is 4. The first-order valence-corrected chi connectivity index (χ1v) is 8.68. The van der Waals surface area contributed by atoms with Crippen LogP contribution in [0.25, 0.3) is 0 Å². The number of rotatable bonds is 6. The molecule has 0 fully saturated rings. The molecule has 1 rings (SSSR count). The molecule has 0 saturated heterocycles. The van der Waals surface area contributed by atoms with Crippen LogP contribution in [0.5, 0.6) is 5.75 Å². The largest absolute Gasteiger partial charge is 0.497 e. The van der Waals surface area contributed by atoms with Gasteiger partial charge in [-0.25, -0.2) is 13.2 Å². The number of amides is 2. The summed E-state index contributed by atoms with van der Waals surface area (Å²) in [5.74, 6) is 0.645. The van der Waals surface area contributed by atoms with Crippen molar-refractivity contribution in [3.63, 3.8) is 0 Å². The normalized spacial score (nSPS) is 11.3. The molecule has 0 saturated carbocycles. The molecule has 0 heterocycles. The second-order valence-electron chi connectivity index (χ2n) is 5.08. The number of carbonyl (C=O) groups is 1. The highest BCUT2D eigenvalue weighted by Crippen LogP contribution is 2.15. The number of benzene rings is 1. The molecule has 6 nitrogen and oxygen atoms in total. The predicted molar refractivity (Wildman–Crippen MR) is 83.6 cm³/mol. The van der Waals surface area contributed by atoms with Gasteiger partial charge in [-0.15, -0.1) is 0 Å². The van der Waals surface area contributed by atoms with Crippen LogP contribution in [0.4, 0.5) is 10.5 Å². The zero-order valence-electron chi connectivity index (χ0n) is 12.8. The Hall–Kier alpha value is -1.76. The number of anilines is 1. The Morgan fingerprint density at radius 2 is 1.86 bits per heavy atom. The molecule has 0 bridgehead atoms. The van der Waals surface area contributed by atoms with E-state index >= 15 is 0 Å². The first-order valence-electron chi connectivity index (χ1n) is 6.62. The number of hydrogen-bond donors (Lipinski definition) is 1. The summed E-state index contributed by atoms with van der Waals surface area (Å²) in [5, 5.41) is 2.75. The van der Waals surface area contributed by atoms with E-state index in [0.717, 1.165) is 6.26 Å². The molecular weight excluding hydrogens is 292 g/mol. The smallest absolute Gasteiger partial charge is 0.322 e. The molecule has 0 atom stereocenters. The van der Waals surface area contributed by atoms with Gasteiger partial charge < -0.3 is 15.0 Å². The molecule has 1 N–H and O–H groups in total. The molecule has 0 aliphatic carbocycles. The van der Waals surface area contributed by atoms with Crippen LogP contribution in [0, 0.1) is 0 Å². The Labute approximate surface area is 126 Å². The van der Waals surface area contributed by atoms with E-state index in [1.807, 2.05) is 13.8 Å². The van der Waals surface area contributed by atoms with Crippen LogP contribution in [-0.4, -0.2) is 51.1 Å². The molecule has 1 aromatic carbocycles. The third kappa shape index (κ3) is 6.03. The third-order valence-electron chi connectivity index (χ3n) is 2.93. The van der Waals surface area contributed by atoms with E-state index in [4.69, 9.17) is 4.74 Å². The summed E-state index contributed by atoms with van der Waals surface area (Å²) in [6.07, 6.45) is 1.16. The molecular formula is C14H22N2O4S. The number of methoxy groups -OCH3 is 1. The van der Waals surface area contributed by atoms with E-state index in [0.29, 0.717) is 11.4 Å². The lowest BCUT2D eigenvalue weighted by Crippen LogP contribution is -2.42. The molecule has 118 valence electrons. The highest BCUT2D eigenvalue weighted by molar-refractivity contribution is 7.90. The molecule has 1 aromatic rings. The van der Waals surface area contributed by atoms with E-state index in [1.54, 1.807) is 31.4 Å². The summed E-state index contributed by atoms with van der Waals surface area (Å²) in [6.45, 7) is 3.85. The third-order valence-corrected chi connectivity index (χ3v) is 3.85. The molecule has 0 spiro atoms. The van der Waals surface area contributed by atoms with Crippen molar-refractivity contribution in [2.75, 3.05) is 31.0 Å². The standard InChI is InChI=1S/C14H22N2O4S/c1-11(2)16(9-10-21(4,18)19)14(17)15-12-5-7-13(20-3)8-6-12/h5-8,11H,9-10H2,1-4H3,(H,15,17). The van der Waals surface area contributed by atoms with Crippen molar-refractivity contribution >= 4 is 21.6 Å². The van der Waals surface area contributed by atoms with Crippen molar-refractivity contribution < 1.29 is 17.9 Å². The summed E-state index contributed by atoms with van der Waals surface area (Å²) in [5.41, 5.74) is 0.630. The van der Waals surface area contributed by atoms with Crippen LogP contribution in [-0.2, 0) is 9.84 Å². The fourth-order valence-electron chi connectivity index (χ4n) is 1.73. The maximum Gasteiger partial charge on any atom is 0.322 e. The molecule has 21 heavy (non-hydrogen) atoms. The quantitative estimate of drug-likeness (QED) is 0.871. The molecule has 0 aliphatic heterocycles. The Morgan fingerprint density at radius 1 is 1.29 bits per heavy atom. The molecule has 7 heteroatoms. The predicted octanol–water partition coefficient (Wildman–Crippen LogP) is 1.98. The summed E-state index contributed by atoms with van der Waals surface area (Å²) in [6, 6.07) is 6.53. The van der Waals surface area contributed by atoms with Crippen molar-refractivity contribution in [2.45, 2.75) is 19.9 Å². The van der Waals surface area contributed by atoms with Gasteiger partial charge in [0, 0.05) is 24.5 Å². The Balaban J connectivity index is 2.72. The Kier molecular flexibility index (Phi) is 6.02. The number of sulfone groups is 1. The molecule has 0 unspecified atom stereocenters. The van der Waals surface area contributed by atoms with Crippen LogP contribution >= 0.6 is 0 Å². The van der Waals surface area contributed by atoms with Crippen molar-refractivity contribution in [1.82, 2.24) is 4.90 Å². The lowest BCUT2D eigenvalue weighted by molar-refractivity contribution is 0.201. The number of urea groups is 1. The zero-order chi connectivity index (χ0) is 16.0. The monoisotopic (exact) mass is 314 g/mol. The first kappa shape index (κ1) is 17.3. The highest BCUT2D eigenvalue weighted by Gasteiger charge is 2.18. The molecule has 0 radical (unpaired) electrons. The lowest BCUT2D eigenvalue weighted by atomic mass is 10.3. The maximum atomic E-state index is 12.2. The fourth-order valence-corrected chi connectivity index (χ4v) is 2.26. The van der Waals surface area contributed by atoms with Gasteiger partial charge in [0.15, 0.2) is 0 Å². The lowest BCUT2D eigenvalue weighted by Gasteiger charge is -2.26. The molecule has 0 aromatic heterocycles. The van der Waals surface area contributed by atoms with Crippen LogP contribution in [0.15, 0.2) is 24.3 Å². The van der Waals surface area contributed by atoms with Gasteiger partial charge in [-0.3, -0.25) is 0 Å². The van der Waals surface area contributed by atoms with Crippen molar-refractivity contribution in [2.24, 2.45) is 0 Å². The van der Waals surface area contributed by atoms with Crippen LogP contribution in [0.1, 0.15) is 13.8 Å². The summed E-state index contributed by atoms with van der Waals surface area (Å²) in [7, 11) is -1.54. The van der Waals surface area contributed by atoms with E-state index in [-0.39, 0.29) is 24.4 Å². The fraction of sp³-hybridized carbons (Fsp3) is 0.500. The van der Waals surface area contributed by atoms with E-state index < -0.39 is 9.84 Å². The number of ether oxygens (including phenoxy) is 1. The number of nitrogens with zero attached hydrogens (tertiary/aromatic N) is 1. The summed E-state index contributed by atoms with van der Waals surface area (Å²) in [4.78, 5) is 13.7. The minimum atomic E-state index is -3.11. The average molecular weight is 314 g/mol. The topological polar surface area (TPSA) is 75.7 Å². The van der Waals surface area contributed by atoms with Gasteiger partial charge in [0.25, 0.3) is 0 Å². The second kappa shape index (κ2) is 7.31. The van der Waals surface area contributed by atoms with Crippen molar-refractivity contribution in [3.8, 4) is 5.75 Å². The summed E-state index contributed by atoms with van der Waals surface area (Å²) >= 11 is 0.